The average Bonchev–Trinajstić information content (AvgIpc) is 3.25. The number of nitrogens with zero attached hydrogens (tertiary/aromatic N) is 4. The van der Waals surface area contributed by atoms with E-state index >= 15 is 0 Å². The van der Waals surface area contributed by atoms with Gasteiger partial charge in [-0.25, -0.2) is 9.78 Å². The van der Waals surface area contributed by atoms with Crippen LogP contribution in [-0.4, -0.2) is 23.3 Å². The van der Waals surface area contributed by atoms with Gasteiger partial charge in [0.05, 0.1) is 39.3 Å². The maximum absolute atomic E-state index is 12.9. The van der Waals surface area contributed by atoms with Crippen molar-refractivity contribution in [2.75, 3.05) is 18.6 Å². The Labute approximate surface area is 188 Å². The van der Waals surface area contributed by atoms with Gasteiger partial charge in [-0.2, -0.15) is 5.26 Å². The van der Waals surface area contributed by atoms with Gasteiger partial charge in [-0.05, 0) is 23.5 Å². The third kappa shape index (κ3) is 3.29. The Morgan fingerprint density at radius 2 is 2.22 bits per heavy atom. The van der Waals surface area contributed by atoms with Crippen molar-refractivity contribution < 1.29 is 19.0 Å². The van der Waals surface area contributed by atoms with Crippen LogP contribution in [0.25, 0.3) is 21.5 Å². The van der Waals surface area contributed by atoms with Gasteiger partial charge in [0.25, 0.3) is 0 Å². The Bertz CT molecular complexity index is 1510. The van der Waals surface area contributed by atoms with Gasteiger partial charge < -0.3 is 21.3 Å². The van der Waals surface area contributed by atoms with E-state index in [1.807, 2.05) is 6.07 Å². The predicted octanol–water partition coefficient (Wildman–Crippen LogP) is 1.21. The lowest BCUT2D eigenvalue weighted by Crippen LogP contribution is -2.34. The SMILES string of the molecule is COc1ccc(N=C([O-])c2sc3nc(N)c(C#N)c(-c4c(=O)o[nH][n+]4C)c3c2N)cc1Cl. The van der Waals surface area contributed by atoms with Gasteiger partial charge >= 0.3 is 11.3 Å². The Kier molecular flexibility index (Phi) is 5.21. The number of nitrogens with two attached hydrogens (primary N) is 2. The minimum Gasteiger partial charge on any atom is -0.858 e. The van der Waals surface area contributed by atoms with Gasteiger partial charge in [-0.1, -0.05) is 16.3 Å². The molecular weight excluding hydrogens is 458 g/mol. The van der Waals surface area contributed by atoms with Crippen LogP contribution in [0.1, 0.15) is 10.4 Å². The molecule has 4 aromatic rings. The number of hydrogen-bond acceptors (Lipinski definition) is 10. The summed E-state index contributed by atoms with van der Waals surface area (Å²) in [5.74, 6) is -0.332. The summed E-state index contributed by atoms with van der Waals surface area (Å²) in [5.41, 5.74) is 11.9. The zero-order chi connectivity index (χ0) is 23.2. The number of fused-ring (bicyclic) bond motifs is 1. The highest BCUT2D eigenvalue weighted by molar-refractivity contribution is 7.21. The Balaban J connectivity index is 1.97. The number of hydrogen-bond donors (Lipinski definition) is 3. The molecule has 0 unspecified atom stereocenters. The van der Waals surface area contributed by atoms with Crippen molar-refractivity contribution in [3.05, 3.63) is 44.1 Å². The minimum absolute atomic E-state index is 0.00280. The standard InChI is InChI=1S/C19H14ClN7O4S/c1-27-14(19(29)31-26-27)11-8(6-21)16(23)25-18-12(11)13(22)15(32-18)17(28)24-7-3-4-10(30-2)9(20)5-7/h3-5H,1-2H3,(H5-,22,23,24,25,26,28,29). The minimum atomic E-state index is -0.744. The molecule has 0 aliphatic heterocycles. The molecule has 0 aliphatic carbocycles. The number of nitrogens with one attached hydrogen (secondary N) is 1. The van der Waals surface area contributed by atoms with Gasteiger partial charge in [-0.3, -0.25) is 9.52 Å². The number of pyridine rings is 1. The molecule has 0 atom stereocenters. The molecule has 13 heteroatoms. The van der Waals surface area contributed by atoms with E-state index in [4.69, 9.17) is 32.3 Å². The second-order valence-electron chi connectivity index (χ2n) is 6.51. The van der Waals surface area contributed by atoms with Gasteiger partial charge in [0, 0.05) is 5.90 Å². The zero-order valence-electron chi connectivity index (χ0n) is 16.6. The topological polar surface area (TPSA) is 183 Å². The second-order valence-corrected chi connectivity index (χ2v) is 7.91. The smallest absolute Gasteiger partial charge is 0.435 e. The lowest BCUT2D eigenvalue weighted by atomic mass is 10.0. The Morgan fingerprint density at radius 1 is 1.47 bits per heavy atom. The van der Waals surface area contributed by atoms with Crippen LogP contribution in [0.4, 0.5) is 17.2 Å². The molecule has 11 nitrogen and oxygen atoms in total. The number of ether oxygens (including phenoxy) is 1. The van der Waals surface area contributed by atoms with Crippen molar-refractivity contribution >= 4 is 56.2 Å². The largest absolute Gasteiger partial charge is 0.858 e. The van der Waals surface area contributed by atoms with Crippen molar-refractivity contribution in [1.29, 1.82) is 5.26 Å². The van der Waals surface area contributed by atoms with E-state index in [1.54, 1.807) is 12.1 Å². The molecule has 1 aromatic carbocycles. The van der Waals surface area contributed by atoms with Crippen molar-refractivity contribution in [3.8, 4) is 23.1 Å². The molecule has 0 radical (unpaired) electrons. The molecule has 5 N–H and O–H groups in total. The first-order valence-corrected chi connectivity index (χ1v) is 10.0. The number of aromatic nitrogens is 3. The van der Waals surface area contributed by atoms with Crippen LogP contribution in [0, 0.1) is 11.3 Å². The molecule has 162 valence electrons. The van der Waals surface area contributed by atoms with Crippen LogP contribution in [0.15, 0.2) is 32.5 Å². The molecule has 3 aromatic heterocycles. The van der Waals surface area contributed by atoms with Gasteiger partial charge in [-0.15, -0.1) is 11.3 Å². The number of H-pyrrole nitrogens is 1. The third-order valence-corrected chi connectivity index (χ3v) is 6.00. The molecule has 0 fully saturated rings. The number of methoxy groups -OCH3 is 1. The molecule has 0 saturated heterocycles. The summed E-state index contributed by atoms with van der Waals surface area (Å²) in [6.07, 6.45) is 0. The molecule has 4 rings (SSSR count). The molecule has 3 heterocycles. The normalized spacial score (nSPS) is 11.6. The summed E-state index contributed by atoms with van der Waals surface area (Å²) >= 11 is 7.04. The molecular formula is C19H14ClN7O4S. The first-order chi connectivity index (χ1) is 15.3. The first-order valence-electron chi connectivity index (χ1n) is 8.85. The first kappa shape index (κ1) is 21.2. The molecule has 32 heavy (non-hydrogen) atoms. The summed E-state index contributed by atoms with van der Waals surface area (Å²) in [5, 5.41) is 25.5. The quantitative estimate of drug-likeness (QED) is 0.225. The molecule has 0 amide bonds. The Hall–Kier alpha value is -4.08. The van der Waals surface area contributed by atoms with Crippen LogP contribution < -0.4 is 31.6 Å². The fourth-order valence-electron chi connectivity index (χ4n) is 3.18. The predicted molar refractivity (Wildman–Crippen MR) is 117 cm³/mol. The molecule has 0 aliphatic rings. The van der Waals surface area contributed by atoms with Crippen molar-refractivity contribution in [1.82, 2.24) is 10.3 Å². The highest BCUT2D eigenvalue weighted by Crippen LogP contribution is 2.41. The average molecular weight is 472 g/mol. The number of nitrogen functional groups attached to an aromatic ring is 2. The van der Waals surface area contributed by atoms with Crippen molar-refractivity contribution in [2.24, 2.45) is 12.0 Å². The van der Waals surface area contributed by atoms with Crippen molar-refractivity contribution in [2.45, 2.75) is 0 Å². The van der Waals surface area contributed by atoms with Gasteiger partial charge in [0.1, 0.15) is 28.0 Å². The van der Waals surface area contributed by atoms with E-state index in [1.165, 1.54) is 24.9 Å². The summed E-state index contributed by atoms with van der Waals surface area (Å²) in [6.45, 7) is 0. The highest BCUT2D eigenvalue weighted by atomic mass is 35.5. The number of benzene rings is 1. The van der Waals surface area contributed by atoms with Gasteiger partial charge in [0.15, 0.2) is 7.05 Å². The van der Waals surface area contributed by atoms with E-state index in [0.29, 0.717) is 11.4 Å². The third-order valence-electron chi connectivity index (χ3n) is 4.62. The lowest BCUT2D eigenvalue weighted by molar-refractivity contribution is -0.730. The summed E-state index contributed by atoms with van der Waals surface area (Å²) in [4.78, 5) is 20.9. The van der Waals surface area contributed by atoms with Crippen LogP contribution in [0.5, 0.6) is 5.75 Å². The zero-order valence-corrected chi connectivity index (χ0v) is 18.2. The van der Waals surface area contributed by atoms with Crippen LogP contribution in [-0.2, 0) is 7.05 Å². The maximum Gasteiger partial charge on any atom is 0.435 e. The van der Waals surface area contributed by atoms with E-state index in [9.17, 15) is 15.2 Å². The van der Waals surface area contributed by atoms with E-state index in [2.05, 4.69) is 15.2 Å². The number of aromatic amines is 1. The fraction of sp³-hybridized carbons (Fsp3) is 0.105. The van der Waals surface area contributed by atoms with E-state index in [0.717, 1.165) is 11.3 Å². The molecule has 0 bridgehead atoms. The number of aryl methyl sites for hydroxylation is 1. The van der Waals surface area contributed by atoms with Crippen LogP contribution >= 0.6 is 22.9 Å². The monoisotopic (exact) mass is 471 g/mol. The summed E-state index contributed by atoms with van der Waals surface area (Å²) in [7, 11) is 2.99. The summed E-state index contributed by atoms with van der Waals surface area (Å²) in [6, 6.07) is 6.55. The number of aliphatic imine (C=N–C) groups is 1. The molecule has 0 saturated carbocycles. The summed E-state index contributed by atoms with van der Waals surface area (Å²) < 4.78 is 11.2. The van der Waals surface area contributed by atoms with Crippen molar-refractivity contribution in [3.63, 3.8) is 0 Å². The maximum atomic E-state index is 12.9. The number of thiophene rings is 1. The van der Waals surface area contributed by atoms with E-state index in [-0.39, 0.29) is 48.4 Å². The fourth-order valence-corrected chi connectivity index (χ4v) is 4.43. The van der Waals surface area contributed by atoms with Gasteiger partial charge in [0.2, 0.25) is 0 Å². The number of anilines is 2. The van der Waals surface area contributed by atoms with Crippen LogP contribution in [0.3, 0.4) is 0 Å². The molecule has 0 spiro atoms. The van der Waals surface area contributed by atoms with Crippen LogP contribution in [0.2, 0.25) is 5.02 Å². The Morgan fingerprint density at radius 3 is 2.81 bits per heavy atom. The lowest BCUT2D eigenvalue weighted by Gasteiger charge is -2.10. The van der Waals surface area contributed by atoms with E-state index < -0.39 is 11.5 Å². The number of nitriles is 1. The number of halogens is 1. The second kappa shape index (κ2) is 7.88. The highest BCUT2D eigenvalue weighted by Gasteiger charge is 2.31. The number of rotatable bonds is 4.